The molecule has 2 heterocycles. The van der Waals surface area contributed by atoms with Crippen LogP contribution in [0.25, 0.3) is 17.1 Å². The topological polar surface area (TPSA) is 60.0 Å². The molecule has 6 nitrogen and oxygen atoms in total. The zero-order chi connectivity index (χ0) is 20.4. The van der Waals surface area contributed by atoms with Gasteiger partial charge in [-0.1, -0.05) is 47.1 Å². The molecule has 0 aliphatic rings. The molecule has 0 fully saturated rings. The van der Waals surface area contributed by atoms with E-state index >= 15 is 0 Å². The summed E-state index contributed by atoms with van der Waals surface area (Å²) in [5.41, 5.74) is 6.61. The lowest BCUT2D eigenvalue weighted by atomic mass is 10.1. The molecule has 29 heavy (non-hydrogen) atoms. The second kappa shape index (κ2) is 8.01. The van der Waals surface area contributed by atoms with Gasteiger partial charge >= 0.3 is 0 Å². The zero-order valence-electron chi connectivity index (χ0n) is 17.3. The molecular formula is C23H25N5O. The van der Waals surface area contributed by atoms with Crippen LogP contribution >= 0.6 is 0 Å². The molecule has 2 aromatic carbocycles. The molecule has 0 radical (unpaired) electrons. The number of hydrogen-bond acceptors (Lipinski definition) is 5. The van der Waals surface area contributed by atoms with Crippen molar-refractivity contribution < 1.29 is 4.52 Å². The third kappa shape index (κ3) is 4.12. The van der Waals surface area contributed by atoms with Crippen LogP contribution in [-0.4, -0.2) is 31.9 Å². The second-order valence-electron chi connectivity index (χ2n) is 7.45. The normalized spacial score (nSPS) is 11.3. The average Bonchev–Trinajstić information content (AvgIpc) is 3.28. The lowest BCUT2D eigenvalue weighted by molar-refractivity contribution is 0.260. The Morgan fingerprint density at radius 2 is 1.76 bits per heavy atom. The molecule has 6 heteroatoms. The highest BCUT2D eigenvalue weighted by molar-refractivity contribution is 5.55. The molecule has 0 spiro atoms. The van der Waals surface area contributed by atoms with Crippen LogP contribution in [0.15, 0.2) is 59.1 Å². The van der Waals surface area contributed by atoms with Crippen molar-refractivity contribution in [3.63, 3.8) is 0 Å². The molecule has 0 unspecified atom stereocenters. The SMILES string of the molecule is Cc1cccc(-c2noc(CN(C)Cc3c(C)nn(-c4ccccc4)c3C)n2)c1. The maximum absolute atomic E-state index is 5.48. The fourth-order valence-electron chi connectivity index (χ4n) is 3.50. The van der Waals surface area contributed by atoms with Crippen molar-refractivity contribution in [3.8, 4) is 17.1 Å². The highest BCUT2D eigenvalue weighted by atomic mass is 16.5. The van der Waals surface area contributed by atoms with Crippen molar-refractivity contribution in [3.05, 3.63) is 83.0 Å². The molecule has 4 aromatic rings. The van der Waals surface area contributed by atoms with E-state index in [-0.39, 0.29) is 0 Å². The minimum absolute atomic E-state index is 0.578. The highest BCUT2D eigenvalue weighted by Crippen LogP contribution is 2.21. The Morgan fingerprint density at radius 1 is 0.966 bits per heavy atom. The van der Waals surface area contributed by atoms with Crippen molar-refractivity contribution >= 4 is 0 Å². The third-order valence-electron chi connectivity index (χ3n) is 5.02. The quantitative estimate of drug-likeness (QED) is 0.488. The largest absolute Gasteiger partial charge is 0.338 e. The summed E-state index contributed by atoms with van der Waals surface area (Å²) in [6.45, 7) is 7.55. The Kier molecular flexibility index (Phi) is 5.27. The minimum atomic E-state index is 0.578. The maximum Gasteiger partial charge on any atom is 0.241 e. The molecule has 148 valence electrons. The molecule has 0 saturated heterocycles. The van der Waals surface area contributed by atoms with Crippen molar-refractivity contribution in [2.24, 2.45) is 0 Å². The summed E-state index contributed by atoms with van der Waals surface area (Å²) in [5, 5.41) is 8.87. The van der Waals surface area contributed by atoms with Crippen LogP contribution in [0.5, 0.6) is 0 Å². The predicted molar refractivity (Wildman–Crippen MR) is 113 cm³/mol. The molecule has 0 saturated carbocycles. The van der Waals surface area contributed by atoms with E-state index in [4.69, 9.17) is 9.62 Å². The molecule has 0 bridgehead atoms. The number of aromatic nitrogens is 4. The Bertz CT molecular complexity index is 1110. The molecule has 0 aliphatic heterocycles. The van der Waals surface area contributed by atoms with Crippen LogP contribution in [0.4, 0.5) is 0 Å². The van der Waals surface area contributed by atoms with Gasteiger partial charge in [0, 0.05) is 23.4 Å². The Hall–Kier alpha value is -3.25. The second-order valence-corrected chi connectivity index (χ2v) is 7.45. The van der Waals surface area contributed by atoms with Gasteiger partial charge in [-0.15, -0.1) is 0 Å². The summed E-state index contributed by atoms with van der Waals surface area (Å²) in [4.78, 5) is 6.73. The van der Waals surface area contributed by atoms with Crippen LogP contribution in [-0.2, 0) is 13.1 Å². The molecule has 0 N–H and O–H groups in total. The zero-order valence-corrected chi connectivity index (χ0v) is 17.3. The molecule has 0 aliphatic carbocycles. The van der Waals surface area contributed by atoms with Gasteiger partial charge in [0.05, 0.1) is 17.9 Å². The van der Waals surface area contributed by atoms with Crippen molar-refractivity contribution in [1.29, 1.82) is 0 Å². The van der Waals surface area contributed by atoms with Gasteiger partial charge in [0.1, 0.15) is 0 Å². The van der Waals surface area contributed by atoms with Crippen LogP contribution in [0.3, 0.4) is 0 Å². The van der Waals surface area contributed by atoms with E-state index in [1.165, 1.54) is 11.1 Å². The number of aryl methyl sites for hydroxylation is 2. The van der Waals surface area contributed by atoms with Gasteiger partial charge < -0.3 is 4.52 Å². The van der Waals surface area contributed by atoms with Gasteiger partial charge in [-0.05, 0) is 46.0 Å². The van der Waals surface area contributed by atoms with E-state index in [0.29, 0.717) is 18.3 Å². The van der Waals surface area contributed by atoms with Gasteiger partial charge in [-0.2, -0.15) is 10.1 Å². The summed E-state index contributed by atoms with van der Waals surface area (Å²) >= 11 is 0. The molecule has 2 aromatic heterocycles. The lowest BCUT2D eigenvalue weighted by Crippen LogP contribution is -2.18. The number of nitrogens with zero attached hydrogens (tertiary/aromatic N) is 5. The van der Waals surface area contributed by atoms with Crippen molar-refractivity contribution in [2.75, 3.05) is 7.05 Å². The van der Waals surface area contributed by atoms with Gasteiger partial charge in [-0.3, -0.25) is 4.90 Å². The fraction of sp³-hybridized carbons (Fsp3) is 0.261. The Balaban J connectivity index is 1.48. The maximum atomic E-state index is 5.48. The Morgan fingerprint density at radius 3 is 2.52 bits per heavy atom. The van der Waals surface area contributed by atoms with Crippen molar-refractivity contribution in [2.45, 2.75) is 33.9 Å². The lowest BCUT2D eigenvalue weighted by Gasteiger charge is -2.14. The number of para-hydroxylation sites is 1. The van der Waals surface area contributed by atoms with E-state index < -0.39 is 0 Å². The summed E-state index contributed by atoms with van der Waals surface area (Å²) in [7, 11) is 2.05. The van der Waals surface area contributed by atoms with Gasteiger partial charge in [0.25, 0.3) is 0 Å². The van der Waals surface area contributed by atoms with E-state index in [1.54, 1.807) is 0 Å². The summed E-state index contributed by atoms with van der Waals surface area (Å²) < 4.78 is 7.48. The van der Waals surface area contributed by atoms with E-state index in [9.17, 15) is 0 Å². The van der Waals surface area contributed by atoms with Gasteiger partial charge in [0.15, 0.2) is 0 Å². The molecule has 0 atom stereocenters. The summed E-state index contributed by atoms with van der Waals surface area (Å²) in [6.07, 6.45) is 0. The Labute approximate surface area is 170 Å². The van der Waals surface area contributed by atoms with E-state index in [2.05, 4.69) is 67.1 Å². The monoisotopic (exact) mass is 387 g/mol. The fourth-order valence-corrected chi connectivity index (χ4v) is 3.50. The smallest absolute Gasteiger partial charge is 0.241 e. The van der Waals surface area contributed by atoms with Crippen LogP contribution in [0.2, 0.25) is 0 Å². The molecule has 0 amide bonds. The minimum Gasteiger partial charge on any atom is -0.338 e. The van der Waals surface area contributed by atoms with Gasteiger partial charge in [-0.25, -0.2) is 4.68 Å². The van der Waals surface area contributed by atoms with Crippen LogP contribution < -0.4 is 0 Å². The number of rotatable bonds is 6. The van der Waals surface area contributed by atoms with Gasteiger partial charge in [0.2, 0.25) is 11.7 Å². The highest BCUT2D eigenvalue weighted by Gasteiger charge is 2.16. The standard InChI is InChI=1S/C23H25N5O/c1-16-9-8-10-19(13-16)23-24-22(29-26-23)15-27(4)14-21-17(2)25-28(18(21)3)20-11-6-5-7-12-20/h5-13H,14-15H2,1-4H3. The van der Waals surface area contributed by atoms with E-state index in [1.807, 2.05) is 35.0 Å². The molecular weight excluding hydrogens is 362 g/mol. The first kappa shape index (κ1) is 19.1. The summed E-state index contributed by atoms with van der Waals surface area (Å²) in [5.74, 6) is 1.23. The summed E-state index contributed by atoms with van der Waals surface area (Å²) in [6, 6.07) is 18.3. The van der Waals surface area contributed by atoms with Crippen LogP contribution in [0, 0.1) is 20.8 Å². The first-order valence-electron chi connectivity index (χ1n) is 9.70. The van der Waals surface area contributed by atoms with E-state index in [0.717, 1.165) is 29.2 Å². The predicted octanol–water partition coefficient (Wildman–Crippen LogP) is 4.48. The average molecular weight is 387 g/mol. The van der Waals surface area contributed by atoms with Crippen molar-refractivity contribution in [1.82, 2.24) is 24.8 Å². The molecule has 4 rings (SSSR count). The van der Waals surface area contributed by atoms with Crippen LogP contribution in [0.1, 0.15) is 28.4 Å². The number of hydrogen-bond donors (Lipinski definition) is 0. The number of benzene rings is 2. The third-order valence-corrected chi connectivity index (χ3v) is 5.02. The first-order valence-corrected chi connectivity index (χ1v) is 9.70. The first-order chi connectivity index (χ1) is 14.0.